The van der Waals surface area contributed by atoms with Gasteiger partial charge in [-0.3, -0.25) is 14.5 Å². The fraction of sp³-hybridized carbons (Fsp3) is 0.600. The van der Waals surface area contributed by atoms with E-state index in [9.17, 15) is 9.59 Å². The number of hydrogen-bond donors (Lipinski definition) is 1. The molecule has 0 radical (unpaired) electrons. The lowest BCUT2D eigenvalue weighted by Gasteiger charge is -2.27. The first-order valence-corrected chi connectivity index (χ1v) is 9.09. The molecule has 2 amide bonds. The standard InChI is InChI=1S/C20H31N3O2/c1-15(22-11-6-12-23(14-13-22)16(2)24)19(25)21-18-9-7-17(8-10-18)20(3,4)5/h7-10,15H,6,11-14H2,1-5H3,(H,21,25)/t15-/m1/s1. The summed E-state index contributed by atoms with van der Waals surface area (Å²) in [5.41, 5.74) is 2.17. The molecule has 0 spiro atoms. The minimum Gasteiger partial charge on any atom is -0.342 e. The molecule has 1 aromatic rings. The Labute approximate surface area is 151 Å². The Hall–Kier alpha value is -1.88. The molecule has 5 heteroatoms. The smallest absolute Gasteiger partial charge is 0.241 e. The number of amides is 2. The van der Waals surface area contributed by atoms with E-state index < -0.39 is 0 Å². The van der Waals surface area contributed by atoms with Gasteiger partial charge in [0.05, 0.1) is 6.04 Å². The molecule has 5 nitrogen and oxygen atoms in total. The maximum atomic E-state index is 12.6. The van der Waals surface area contributed by atoms with Gasteiger partial charge in [0.1, 0.15) is 0 Å². The molecule has 0 unspecified atom stereocenters. The Balaban J connectivity index is 1.94. The Kier molecular flexibility index (Phi) is 6.22. The quantitative estimate of drug-likeness (QED) is 0.916. The van der Waals surface area contributed by atoms with Crippen LogP contribution in [-0.2, 0) is 15.0 Å². The lowest BCUT2D eigenvalue weighted by molar-refractivity contribution is -0.128. The predicted molar refractivity (Wildman–Crippen MR) is 102 cm³/mol. The number of hydrogen-bond acceptors (Lipinski definition) is 3. The molecule has 1 aliphatic rings. The summed E-state index contributed by atoms with van der Waals surface area (Å²) < 4.78 is 0. The average molecular weight is 345 g/mol. The van der Waals surface area contributed by atoms with Crippen LogP contribution in [0, 0.1) is 0 Å². The predicted octanol–water partition coefficient (Wildman–Crippen LogP) is 2.87. The molecule has 0 aromatic heterocycles. The summed E-state index contributed by atoms with van der Waals surface area (Å²) in [7, 11) is 0. The zero-order valence-corrected chi connectivity index (χ0v) is 16.1. The van der Waals surface area contributed by atoms with Gasteiger partial charge in [-0.1, -0.05) is 32.9 Å². The monoisotopic (exact) mass is 345 g/mol. The topological polar surface area (TPSA) is 52.7 Å². The Morgan fingerprint density at radius 2 is 1.68 bits per heavy atom. The van der Waals surface area contributed by atoms with Crippen LogP contribution < -0.4 is 5.32 Å². The third-order valence-corrected chi connectivity index (χ3v) is 4.92. The van der Waals surface area contributed by atoms with E-state index in [0.717, 1.165) is 31.7 Å². The van der Waals surface area contributed by atoms with E-state index in [1.54, 1.807) is 6.92 Å². The number of anilines is 1. The highest BCUT2D eigenvalue weighted by Gasteiger charge is 2.25. The van der Waals surface area contributed by atoms with Gasteiger partial charge in [-0.25, -0.2) is 0 Å². The Morgan fingerprint density at radius 3 is 2.24 bits per heavy atom. The Bertz CT molecular complexity index is 604. The van der Waals surface area contributed by atoms with Crippen LogP contribution in [-0.4, -0.2) is 53.8 Å². The summed E-state index contributed by atoms with van der Waals surface area (Å²) in [4.78, 5) is 28.1. The molecule has 1 fully saturated rings. The van der Waals surface area contributed by atoms with Crippen LogP contribution in [0.3, 0.4) is 0 Å². The first-order valence-electron chi connectivity index (χ1n) is 9.09. The molecular weight excluding hydrogens is 314 g/mol. The van der Waals surface area contributed by atoms with E-state index >= 15 is 0 Å². The minimum absolute atomic E-state index is 0.000200. The van der Waals surface area contributed by atoms with Crippen molar-refractivity contribution in [3.05, 3.63) is 29.8 Å². The summed E-state index contributed by atoms with van der Waals surface area (Å²) in [6.07, 6.45) is 0.900. The van der Waals surface area contributed by atoms with Crippen molar-refractivity contribution in [2.75, 3.05) is 31.5 Å². The Morgan fingerprint density at radius 1 is 1.04 bits per heavy atom. The van der Waals surface area contributed by atoms with Crippen LogP contribution in [0.4, 0.5) is 5.69 Å². The fourth-order valence-electron chi connectivity index (χ4n) is 3.11. The van der Waals surface area contributed by atoms with Gasteiger partial charge < -0.3 is 10.2 Å². The number of carbonyl (C=O) groups is 2. The van der Waals surface area contributed by atoms with Crippen molar-refractivity contribution < 1.29 is 9.59 Å². The van der Waals surface area contributed by atoms with E-state index in [2.05, 4.69) is 43.1 Å². The lowest BCUT2D eigenvalue weighted by atomic mass is 9.87. The molecule has 25 heavy (non-hydrogen) atoms. The highest BCUT2D eigenvalue weighted by atomic mass is 16.2. The third kappa shape index (κ3) is 5.30. The minimum atomic E-state index is -0.214. The van der Waals surface area contributed by atoms with Gasteiger partial charge in [-0.05, 0) is 36.5 Å². The molecule has 138 valence electrons. The second-order valence-corrected chi connectivity index (χ2v) is 7.89. The van der Waals surface area contributed by atoms with Gasteiger partial charge in [0.2, 0.25) is 11.8 Å². The van der Waals surface area contributed by atoms with Gasteiger partial charge in [0.15, 0.2) is 0 Å². The van der Waals surface area contributed by atoms with E-state index in [4.69, 9.17) is 0 Å². The molecule has 1 N–H and O–H groups in total. The van der Waals surface area contributed by atoms with Crippen molar-refractivity contribution in [1.82, 2.24) is 9.80 Å². The first-order chi connectivity index (χ1) is 11.7. The van der Waals surface area contributed by atoms with Gasteiger partial charge in [0.25, 0.3) is 0 Å². The van der Waals surface area contributed by atoms with Crippen LogP contribution in [0.5, 0.6) is 0 Å². The summed E-state index contributed by atoms with van der Waals surface area (Å²) in [6, 6.07) is 7.85. The van der Waals surface area contributed by atoms with Gasteiger partial charge >= 0.3 is 0 Å². The summed E-state index contributed by atoms with van der Waals surface area (Å²) >= 11 is 0. The van der Waals surface area contributed by atoms with Crippen molar-refractivity contribution >= 4 is 17.5 Å². The SMILES string of the molecule is CC(=O)N1CCCN([C@H](C)C(=O)Nc2ccc(C(C)(C)C)cc2)CC1. The largest absolute Gasteiger partial charge is 0.342 e. The van der Waals surface area contributed by atoms with E-state index in [0.29, 0.717) is 6.54 Å². The molecule has 0 bridgehead atoms. The van der Waals surface area contributed by atoms with Crippen LogP contribution in [0.1, 0.15) is 46.6 Å². The van der Waals surface area contributed by atoms with Crippen LogP contribution in [0.15, 0.2) is 24.3 Å². The summed E-state index contributed by atoms with van der Waals surface area (Å²) in [6.45, 7) is 13.1. The van der Waals surface area contributed by atoms with E-state index in [-0.39, 0.29) is 23.3 Å². The fourth-order valence-corrected chi connectivity index (χ4v) is 3.11. The highest BCUT2D eigenvalue weighted by Crippen LogP contribution is 2.23. The van der Waals surface area contributed by atoms with Gasteiger partial charge in [0, 0.05) is 38.8 Å². The van der Waals surface area contributed by atoms with Crippen LogP contribution in [0.2, 0.25) is 0 Å². The highest BCUT2D eigenvalue weighted by molar-refractivity contribution is 5.94. The molecule has 1 atom stereocenters. The van der Waals surface area contributed by atoms with Crippen molar-refractivity contribution in [3.63, 3.8) is 0 Å². The molecule has 0 aliphatic carbocycles. The molecule has 1 aliphatic heterocycles. The maximum absolute atomic E-state index is 12.6. The van der Waals surface area contributed by atoms with Crippen molar-refractivity contribution in [2.24, 2.45) is 0 Å². The number of nitrogens with zero attached hydrogens (tertiary/aromatic N) is 2. The first kappa shape index (κ1) is 19.4. The number of carbonyl (C=O) groups excluding carboxylic acids is 2. The molecule has 1 heterocycles. The molecular formula is C20H31N3O2. The summed E-state index contributed by atoms with van der Waals surface area (Å²) in [5, 5.41) is 3.01. The average Bonchev–Trinajstić information content (AvgIpc) is 2.80. The normalized spacial score (nSPS) is 17.7. The number of benzene rings is 1. The summed E-state index contributed by atoms with van der Waals surface area (Å²) in [5.74, 6) is 0.109. The molecule has 1 aromatic carbocycles. The number of rotatable bonds is 3. The second-order valence-electron chi connectivity index (χ2n) is 7.89. The second kappa shape index (κ2) is 8.00. The van der Waals surface area contributed by atoms with Gasteiger partial charge in [-0.15, -0.1) is 0 Å². The van der Waals surface area contributed by atoms with E-state index in [1.807, 2.05) is 24.0 Å². The van der Waals surface area contributed by atoms with Gasteiger partial charge in [-0.2, -0.15) is 0 Å². The maximum Gasteiger partial charge on any atom is 0.241 e. The zero-order chi connectivity index (χ0) is 18.6. The zero-order valence-electron chi connectivity index (χ0n) is 16.1. The number of nitrogens with one attached hydrogen (secondary N) is 1. The van der Waals surface area contributed by atoms with Crippen LogP contribution in [0.25, 0.3) is 0 Å². The molecule has 2 rings (SSSR count). The van der Waals surface area contributed by atoms with Crippen molar-refractivity contribution in [3.8, 4) is 0 Å². The van der Waals surface area contributed by atoms with Crippen LogP contribution >= 0.6 is 0 Å². The van der Waals surface area contributed by atoms with E-state index in [1.165, 1.54) is 5.56 Å². The van der Waals surface area contributed by atoms with Crippen molar-refractivity contribution in [1.29, 1.82) is 0 Å². The third-order valence-electron chi connectivity index (χ3n) is 4.92. The van der Waals surface area contributed by atoms with Crippen molar-refractivity contribution in [2.45, 2.75) is 52.5 Å². The molecule has 1 saturated heterocycles. The molecule has 0 saturated carbocycles. The lowest BCUT2D eigenvalue weighted by Crippen LogP contribution is -2.44.